The normalized spacial score (nSPS) is 11.8. The summed E-state index contributed by atoms with van der Waals surface area (Å²) in [5, 5.41) is 14.5. The second-order valence-electron chi connectivity index (χ2n) is 4.87. The molecule has 6 heteroatoms. The highest BCUT2D eigenvalue weighted by Gasteiger charge is 2.13. The van der Waals surface area contributed by atoms with Crippen LogP contribution >= 0.6 is 0 Å². The van der Waals surface area contributed by atoms with Gasteiger partial charge in [-0.05, 0) is 37.1 Å². The first-order valence-electron chi connectivity index (χ1n) is 6.88. The van der Waals surface area contributed by atoms with Crippen molar-refractivity contribution >= 4 is 17.7 Å². The Morgan fingerprint density at radius 1 is 1.38 bits per heavy atom. The number of carbonyl (C=O) groups is 2. The number of rotatable bonds is 7. The van der Waals surface area contributed by atoms with Crippen molar-refractivity contribution in [3.63, 3.8) is 0 Å². The average Bonchev–Trinajstić information content (AvgIpc) is 2.41. The van der Waals surface area contributed by atoms with Crippen LogP contribution in [0, 0.1) is 6.92 Å². The number of urea groups is 1. The number of hydrogen-bond donors (Lipinski definition) is 3. The van der Waals surface area contributed by atoms with E-state index in [1.165, 1.54) is 12.1 Å². The van der Waals surface area contributed by atoms with Crippen LogP contribution in [0.5, 0.6) is 0 Å². The van der Waals surface area contributed by atoms with Gasteiger partial charge in [0.25, 0.3) is 0 Å². The topological polar surface area (TPSA) is 87.7 Å². The largest absolute Gasteiger partial charge is 0.478 e. The van der Waals surface area contributed by atoms with Crippen LogP contribution in [0.2, 0.25) is 0 Å². The van der Waals surface area contributed by atoms with Crippen LogP contribution < -0.4 is 10.6 Å². The summed E-state index contributed by atoms with van der Waals surface area (Å²) in [4.78, 5) is 22.8. The molecule has 0 saturated carbocycles. The van der Waals surface area contributed by atoms with E-state index in [-0.39, 0.29) is 17.6 Å². The summed E-state index contributed by atoms with van der Waals surface area (Å²) in [6, 6.07) is 4.21. The highest BCUT2D eigenvalue weighted by Crippen LogP contribution is 2.16. The average molecular weight is 294 g/mol. The maximum atomic E-state index is 11.9. The van der Waals surface area contributed by atoms with Crippen molar-refractivity contribution < 1.29 is 19.4 Å². The molecular weight excluding hydrogens is 272 g/mol. The maximum absolute atomic E-state index is 11.9. The third-order valence-electron chi connectivity index (χ3n) is 3.06. The first-order valence-corrected chi connectivity index (χ1v) is 6.88. The van der Waals surface area contributed by atoms with E-state index in [9.17, 15) is 9.59 Å². The van der Waals surface area contributed by atoms with Gasteiger partial charge in [-0.1, -0.05) is 13.3 Å². The van der Waals surface area contributed by atoms with E-state index in [0.717, 1.165) is 12.8 Å². The molecule has 1 unspecified atom stereocenters. The molecule has 21 heavy (non-hydrogen) atoms. The lowest BCUT2D eigenvalue weighted by atomic mass is 10.1. The first-order chi connectivity index (χ1) is 9.97. The second kappa shape index (κ2) is 8.26. The van der Waals surface area contributed by atoms with Crippen molar-refractivity contribution in [2.24, 2.45) is 0 Å². The highest BCUT2D eigenvalue weighted by atomic mass is 16.5. The standard InChI is InChI=1S/C15H22N2O4/c1-4-5-12(9-21-3)16-15(20)17-13-7-6-11(14(18)19)8-10(13)2/h6-8,12H,4-5,9H2,1-3H3,(H,18,19)(H2,16,17,20). The predicted molar refractivity (Wildman–Crippen MR) is 80.9 cm³/mol. The second-order valence-corrected chi connectivity index (χ2v) is 4.87. The van der Waals surface area contributed by atoms with Gasteiger partial charge in [0, 0.05) is 12.8 Å². The van der Waals surface area contributed by atoms with Gasteiger partial charge in [-0.2, -0.15) is 0 Å². The van der Waals surface area contributed by atoms with Crippen molar-refractivity contribution in [2.45, 2.75) is 32.7 Å². The van der Waals surface area contributed by atoms with Gasteiger partial charge in [-0.3, -0.25) is 0 Å². The minimum absolute atomic E-state index is 0.0430. The number of carboxylic acid groups (broad SMARTS) is 1. The molecule has 116 valence electrons. The van der Waals surface area contributed by atoms with Gasteiger partial charge in [0.1, 0.15) is 0 Å². The van der Waals surface area contributed by atoms with Crippen molar-refractivity contribution in [3.05, 3.63) is 29.3 Å². The van der Waals surface area contributed by atoms with Crippen LogP contribution in [0.3, 0.4) is 0 Å². The van der Waals surface area contributed by atoms with E-state index < -0.39 is 5.97 Å². The molecule has 1 aromatic rings. The van der Waals surface area contributed by atoms with Crippen molar-refractivity contribution in [2.75, 3.05) is 19.0 Å². The van der Waals surface area contributed by atoms with E-state index >= 15 is 0 Å². The van der Waals surface area contributed by atoms with Crippen molar-refractivity contribution in [1.29, 1.82) is 0 Å². The van der Waals surface area contributed by atoms with Crippen LogP contribution in [-0.4, -0.2) is 36.9 Å². The molecule has 0 spiro atoms. The smallest absolute Gasteiger partial charge is 0.335 e. The number of amides is 2. The Labute approximate surface area is 124 Å². The Bertz CT molecular complexity index is 496. The molecule has 1 rings (SSSR count). The van der Waals surface area contributed by atoms with Gasteiger partial charge >= 0.3 is 12.0 Å². The summed E-state index contributed by atoms with van der Waals surface area (Å²) in [5.74, 6) is -0.989. The highest BCUT2D eigenvalue weighted by molar-refractivity contribution is 5.92. The molecule has 0 saturated heterocycles. The fourth-order valence-corrected chi connectivity index (χ4v) is 2.03. The number of aryl methyl sites for hydroxylation is 1. The predicted octanol–water partition coefficient (Wildman–Crippen LogP) is 2.63. The van der Waals surface area contributed by atoms with Crippen LogP contribution in [-0.2, 0) is 4.74 Å². The van der Waals surface area contributed by atoms with E-state index in [0.29, 0.717) is 17.9 Å². The molecular formula is C15H22N2O4. The molecule has 1 aromatic carbocycles. The molecule has 0 radical (unpaired) electrons. The zero-order valence-corrected chi connectivity index (χ0v) is 12.6. The molecule has 3 N–H and O–H groups in total. The fraction of sp³-hybridized carbons (Fsp3) is 0.467. The van der Waals surface area contributed by atoms with Gasteiger partial charge in [0.2, 0.25) is 0 Å². The van der Waals surface area contributed by atoms with Crippen LogP contribution in [0.4, 0.5) is 10.5 Å². The fourth-order valence-electron chi connectivity index (χ4n) is 2.03. The van der Waals surface area contributed by atoms with Crippen molar-refractivity contribution in [3.8, 4) is 0 Å². The number of anilines is 1. The monoisotopic (exact) mass is 294 g/mol. The Hall–Kier alpha value is -2.08. The van der Waals surface area contributed by atoms with Gasteiger partial charge in [0.15, 0.2) is 0 Å². The molecule has 1 atom stereocenters. The first kappa shape index (κ1) is 17.0. The number of carboxylic acids is 1. The minimum Gasteiger partial charge on any atom is -0.478 e. The number of ether oxygens (including phenoxy) is 1. The Morgan fingerprint density at radius 2 is 2.10 bits per heavy atom. The molecule has 2 amide bonds. The lowest BCUT2D eigenvalue weighted by molar-refractivity contribution is 0.0697. The minimum atomic E-state index is -0.989. The molecule has 0 bridgehead atoms. The summed E-state index contributed by atoms with van der Waals surface area (Å²) in [6.07, 6.45) is 1.78. The summed E-state index contributed by atoms with van der Waals surface area (Å²) < 4.78 is 5.07. The third-order valence-corrected chi connectivity index (χ3v) is 3.06. The quantitative estimate of drug-likeness (QED) is 0.721. The Balaban J connectivity index is 2.67. The molecule has 6 nitrogen and oxygen atoms in total. The lowest BCUT2D eigenvalue weighted by Gasteiger charge is -2.18. The Kier molecular flexibility index (Phi) is 6.68. The van der Waals surface area contributed by atoms with E-state index in [1.807, 2.05) is 6.92 Å². The van der Waals surface area contributed by atoms with Gasteiger partial charge < -0.3 is 20.5 Å². The van der Waals surface area contributed by atoms with E-state index in [1.54, 1.807) is 20.1 Å². The molecule has 0 heterocycles. The number of carbonyl (C=O) groups excluding carboxylic acids is 1. The molecule has 0 aliphatic rings. The van der Waals surface area contributed by atoms with Crippen LogP contribution in [0.1, 0.15) is 35.7 Å². The summed E-state index contributed by atoms with van der Waals surface area (Å²) in [6.45, 7) is 4.25. The number of benzene rings is 1. The molecule has 0 aliphatic heterocycles. The molecule has 0 fully saturated rings. The number of methoxy groups -OCH3 is 1. The molecule has 0 aliphatic carbocycles. The lowest BCUT2D eigenvalue weighted by Crippen LogP contribution is -2.40. The van der Waals surface area contributed by atoms with Crippen molar-refractivity contribution in [1.82, 2.24) is 5.32 Å². The number of nitrogens with one attached hydrogen (secondary N) is 2. The summed E-state index contributed by atoms with van der Waals surface area (Å²) >= 11 is 0. The summed E-state index contributed by atoms with van der Waals surface area (Å²) in [5.41, 5.74) is 1.48. The summed E-state index contributed by atoms with van der Waals surface area (Å²) in [7, 11) is 1.59. The van der Waals surface area contributed by atoms with E-state index in [4.69, 9.17) is 9.84 Å². The van der Waals surface area contributed by atoms with Gasteiger partial charge in [-0.25, -0.2) is 9.59 Å². The van der Waals surface area contributed by atoms with Gasteiger partial charge in [0.05, 0.1) is 18.2 Å². The third kappa shape index (κ3) is 5.43. The number of hydrogen-bond acceptors (Lipinski definition) is 3. The maximum Gasteiger partial charge on any atom is 0.335 e. The van der Waals surface area contributed by atoms with Crippen LogP contribution in [0.15, 0.2) is 18.2 Å². The SMILES string of the molecule is CCCC(COC)NC(=O)Nc1ccc(C(=O)O)cc1C. The Morgan fingerprint density at radius 3 is 2.62 bits per heavy atom. The number of aromatic carboxylic acids is 1. The van der Waals surface area contributed by atoms with E-state index in [2.05, 4.69) is 10.6 Å². The van der Waals surface area contributed by atoms with Crippen LogP contribution in [0.25, 0.3) is 0 Å². The zero-order chi connectivity index (χ0) is 15.8. The van der Waals surface area contributed by atoms with Gasteiger partial charge in [-0.15, -0.1) is 0 Å². The molecule has 0 aromatic heterocycles. The zero-order valence-electron chi connectivity index (χ0n) is 12.6.